The Morgan fingerprint density at radius 1 is 1.11 bits per heavy atom. The van der Waals surface area contributed by atoms with Gasteiger partial charge in [0.25, 0.3) is 5.91 Å². The predicted molar refractivity (Wildman–Crippen MR) is 108 cm³/mol. The lowest BCUT2D eigenvalue weighted by molar-refractivity contribution is 0.0943. The van der Waals surface area contributed by atoms with Gasteiger partial charge in [0.05, 0.1) is 26.0 Å². The van der Waals surface area contributed by atoms with Gasteiger partial charge in [-0.05, 0) is 55.8 Å². The van der Waals surface area contributed by atoms with Gasteiger partial charge >= 0.3 is 0 Å². The molecule has 1 atom stereocenters. The molecule has 146 valence electrons. The van der Waals surface area contributed by atoms with Gasteiger partial charge in [0.1, 0.15) is 15.7 Å². The number of ether oxygens (including phenoxy) is 2. The van der Waals surface area contributed by atoms with Gasteiger partial charge in [0, 0.05) is 5.56 Å². The standard InChI is InChI=1S/C21H21FN2O3S/c1-12(15-7-10-17(26-3)18(11-15)27-4)23-20(25)19-13(2)24-21(28-19)14-5-8-16(22)9-6-14/h5-12H,1-4H3,(H,23,25). The number of hydrogen-bond donors (Lipinski definition) is 1. The highest BCUT2D eigenvalue weighted by molar-refractivity contribution is 7.17. The first-order chi connectivity index (χ1) is 13.4. The van der Waals surface area contributed by atoms with E-state index in [4.69, 9.17) is 9.47 Å². The van der Waals surface area contributed by atoms with Crippen LogP contribution in [0.25, 0.3) is 10.6 Å². The molecule has 0 bridgehead atoms. The van der Waals surface area contributed by atoms with Gasteiger partial charge in [0.15, 0.2) is 11.5 Å². The molecule has 0 fully saturated rings. The van der Waals surface area contributed by atoms with Crippen LogP contribution in [0.3, 0.4) is 0 Å². The summed E-state index contributed by atoms with van der Waals surface area (Å²) in [5.41, 5.74) is 2.31. The average molecular weight is 400 g/mol. The molecule has 28 heavy (non-hydrogen) atoms. The zero-order valence-corrected chi connectivity index (χ0v) is 16.9. The quantitative estimate of drug-likeness (QED) is 0.648. The van der Waals surface area contributed by atoms with Gasteiger partial charge < -0.3 is 14.8 Å². The normalized spacial score (nSPS) is 11.8. The number of thiazole rings is 1. The molecule has 5 nitrogen and oxygen atoms in total. The minimum atomic E-state index is -0.307. The summed E-state index contributed by atoms with van der Waals surface area (Å²) in [5.74, 6) is 0.727. The van der Waals surface area contributed by atoms with E-state index in [2.05, 4.69) is 10.3 Å². The van der Waals surface area contributed by atoms with Crippen molar-refractivity contribution in [2.75, 3.05) is 14.2 Å². The first kappa shape index (κ1) is 19.8. The van der Waals surface area contributed by atoms with Gasteiger partial charge in [-0.15, -0.1) is 11.3 Å². The third kappa shape index (κ3) is 4.14. The molecule has 0 aliphatic carbocycles. The van der Waals surface area contributed by atoms with Crippen molar-refractivity contribution in [3.63, 3.8) is 0 Å². The van der Waals surface area contributed by atoms with E-state index in [-0.39, 0.29) is 17.8 Å². The first-order valence-electron chi connectivity index (χ1n) is 8.69. The maximum atomic E-state index is 13.1. The van der Waals surface area contributed by atoms with Crippen LogP contribution < -0.4 is 14.8 Å². The first-order valence-corrected chi connectivity index (χ1v) is 9.50. The third-order valence-electron chi connectivity index (χ3n) is 4.35. The molecule has 2 aromatic carbocycles. The fourth-order valence-corrected chi connectivity index (χ4v) is 3.77. The van der Waals surface area contributed by atoms with E-state index >= 15 is 0 Å². The van der Waals surface area contributed by atoms with Crippen molar-refractivity contribution in [2.45, 2.75) is 19.9 Å². The molecule has 3 aromatic rings. The van der Waals surface area contributed by atoms with E-state index in [1.54, 1.807) is 39.3 Å². The number of nitrogens with one attached hydrogen (secondary N) is 1. The number of aryl methyl sites for hydroxylation is 1. The molecule has 7 heteroatoms. The van der Waals surface area contributed by atoms with Crippen molar-refractivity contribution in [3.05, 3.63) is 64.4 Å². The number of nitrogens with zero attached hydrogens (tertiary/aromatic N) is 1. The minimum absolute atomic E-state index is 0.203. The lowest BCUT2D eigenvalue weighted by atomic mass is 10.1. The number of amides is 1. The van der Waals surface area contributed by atoms with E-state index in [1.165, 1.54) is 23.5 Å². The summed E-state index contributed by atoms with van der Waals surface area (Å²) in [5, 5.41) is 3.67. The van der Waals surface area contributed by atoms with Crippen molar-refractivity contribution in [1.29, 1.82) is 0 Å². The summed E-state index contributed by atoms with van der Waals surface area (Å²) < 4.78 is 23.7. The smallest absolute Gasteiger partial charge is 0.263 e. The van der Waals surface area contributed by atoms with E-state index in [1.807, 2.05) is 19.1 Å². The molecule has 3 rings (SSSR count). The highest BCUT2D eigenvalue weighted by Crippen LogP contribution is 2.31. The highest BCUT2D eigenvalue weighted by Gasteiger charge is 2.19. The highest BCUT2D eigenvalue weighted by atomic mass is 32.1. The molecule has 1 unspecified atom stereocenters. The van der Waals surface area contributed by atoms with Crippen LogP contribution in [0.4, 0.5) is 4.39 Å². The molecule has 0 saturated carbocycles. The van der Waals surface area contributed by atoms with Crippen LogP contribution in [0.1, 0.15) is 33.9 Å². The number of carbonyl (C=O) groups excluding carboxylic acids is 1. The Balaban J connectivity index is 1.78. The van der Waals surface area contributed by atoms with Crippen LogP contribution in [0.15, 0.2) is 42.5 Å². The minimum Gasteiger partial charge on any atom is -0.493 e. The van der Waals surface area contributed by atoms with Gasteiger partial charge in [-0.2, -0.15) is 0 Å². The van der Waals surface area contributed by atoms with Crippen molar-refractivity contribution < 1.29 is 18.7 Å². The molecule has 0 radical (unpaired) electrons. The Bertz CT molecular complexity index is 986. The fourth-order valence-electron chi connectivity index (χ4n) is 2.79. The molecule has 0 spiro atoms. The molecule has 1 amide bonds. The summed E-state index contributed by atoms with van der Waals surface area (Å²) in [7, 11) is 3.15. The van der Waals surface area contributed by atoms with Crippen LogP contribution in [0.2, 0.25) is 0 Å². The Labute approximate surface area is 167 Å². The third-order valence-corrected chi connectivity index (χ3v) is 5.55. The van der Waals surface area contributed by atoms with Gasteiger partial charge in [-0.1, -0.05) is 6.07 Å². The second-order valence-corrected chi connectivity index (χ2v) is 7.25. The van der Waals surface area contributed by atoms with Gasteiger partial charge in [0.2, 0.25) is 0 Å². The monoisotopic (exact) mass is 400 g/mol. The Morgan fingerprint density at radius 2 is 1.79 bits per heavy atom. The zero-order chi connectivity index (χ0) is 20.3. The van der Waals surface area contributed by atoms with Crippen LogP contribution in [0, 0.1) is 12.7 Å². The van der Waals surface area contributed by atoms with E-state index in [9.17, 15) is 9.18 Å². The molecule has 1 aromatic heterocycles. The van der Waals surface area contributed by atoms with Gasteiger partial charge in [-0.25, -0.2) is 9.37 Å². The van der Waals surface area contributed by atoms with Gasteiger partial charge in [-0.3, -0.25) is 4.79 Å². The zero-order valence-electron chi connectivity index (χ0n) is 16.1. The topological polar surface area (TPSA) is 60.5 Å². The van der Waals surface area contributed by atoms with Crippen LogP contribution in [-0.2, 0) is 0 Å². The Kier molecular flexibility index (Phi) is 5.94. The summed E-state index contributed by atoms with van der Waals surface area (Å²) in [6.07, 6.45) is 0. The summed E-state index contributed by atoms with van der Waals surface area (Å²) in [6.45, 7) is 3.69. The van der Waals surface area contributed by atoms with Crippen LogP contribution in [-0.4, -0.2) is 25.1 Å². The SMILES string of the molecule is COc1ccc(C(C)NC(=O)c2sc(-c3ccc(F)cc3)nc2C)cc1OC. The number of aromatic nitrogens is 1. The van der Waals surface area contributed by atoms with Crippen molar-refractivity contribution in [1.82, 2.24) is 10.3 Å². The number of halogens is 1. The summed E-state index contributed by atoms with van der Waals surface area (Å²) >= 11 is 1.29. The number of rotatable bonds is 6. The molecule has 1 heterocycles. The van der Waals surface area contributed by atoms with E-state index in [0.29, 0.717) is 27.1 Å². The van der Waals surface area contributed by atoms with E-state index < -0.39 is 0 Å². The molecular formula is C21H21FN2O3S. The number of carbonyl (C=O) groups is 1. The fraction of sp³-hybridized carbons (Fsp3) is 0.238. The van der Waals surface area contributed by atoms with Crippen LogP contribution in [0.5, 0.6) is 11.5 Å². The molecule has 0 saturated heterocycles. The molecule has 0 aliphatic heterocycles. The second-order valence-electron chi connectivity index (χ2n) is 6.25. The summed E-state index contributed by atoms with van der Waals surface area (Å²) in [4.78, 5) is 17.8. The lowest BCUT2D eigenvalue weighted by Crippen LogP contribution is -2.26. The van der Waals surface area contributed by atoms with E-state index in [0.717, 1.165) is 11.1 Å². The molecule has 0 aliphatic rings. The maximum Gasteiger partial charge on any atom is 0.263 e. The second kappa shape index (κ2) is 8.39. The van der Waals surface area contributed by atoms with Crippen molar-refractivity contribution in [3.8, 4) is 22.1 Å². The predicted octanol–water partition coefficient (Wildman–Crippen LogP) is 4.77. The maximum absolute atomic E-state index is 13.1. The summed E-state index contributed by atoms with van der Waals surface area (Å²) in [6, 6.07) is 11.4. The number of methoxy groups -OCH3 is 2. The Morgan fingerprint density at radius 3 is 2.43 bits per heavy atom. The lowest BCUT2D eigenvalue weighted by Gasteiger charge is -2.16. The number of hydrogen-bond acceptors (Lipinski definition) is 5. The van der Waals surface area contributed by atoms with Crippen molar-refractivity contribution >= 4 is 17.2 Å². The average Bonchev–Trinajstić information content (AvgIpc) is 3.09. The number of benzene rings is 2. The van der Waals surface area contributed by atoms with Crippen LogP contribution >= 0.6 is 11.3 Å². The molecular weight excluding hydrogens is 379 g/mol. The molecule has 1 N–H and O–H groups in total. The van der Waals surface area contributed by atoms with Crippen molar-refractivity contribution in [2.24, 2.45) is 0 Å². The Hall–Kier alpha value is -2.93. The largest absolute Gasteiger partial charge is 0.493 e.